The zero-order valence-electron chi connectivity index (χ0n) is 33.5. The molecular formula is C51H51N3OS. The van der Waals surface area contributed by atoms with E-state index >= 15 is 0 Å². The number of hydrogen-bond acceptors (Lipinski definition) is 5. The fourth-order valence-electron chi connectivity index (χ4n) is 7.08. The Morgan fingerprint density at radius 3 is 2.57 bits per heavy atom. The second-order valence-electron chi connectivity index (χ2n) is 14.0. The first kappa shape index (κ1) is 39.8. The average molecular weight is 754 g/mol. The Kier molecular flexibility index (Phi) is 12.9. The highest BCUT2D eigenvalue weighted by molar-refractivity contribution is 7.17. The summed E-state index contributed by atoms with van der Waals surface area (Å²) >= 11 is 1.78. The first-order chi connectivity index (χ1) is 27.1. The monoisotopic (exact) mass is 753 g/mol. The van der Waals surface area contributed by atoms with Gasteiger partial charge in [-0.3, -0.25) is 4.98 Å². The van der Waals surface area contributed by atoms with Gasteiger partial charge in [-0.1, -0.05) is 123 Å². The summed E-state index contributed by atoms with van der Waals surface area (Å²) in [6, 6.07) is 14.7. The van der Waals surface area contributed by atoms with Crippen LogP contribution in [0.25, 0.3) is 50.1 Å². The molecule has 2 atom stereocenters. The molecule has 1 fully saturated rings. The van der Waals surface area contributed by atoms with Gasteiger partial charge in [-0.2, -0.15) is 0 Å². The molecule has 4 heterocycles. The number of rotatable bonds is 12. The molecule has 1 aliphatic heterocycles. The Bertz CT molecular complexity index is 2580. The Labute approximate surface area is 336 Å². The molecule has 0 bridgehead atoms. The second kappa shape index (κ2) is 18.1. The van der Waals surface area contributed by atoms with Crippen LogP contribution in [0.15, 0.2) is 152 Å². The van der Waals surface area contributed by atoms with E-state index in [0.29, 0.717) is 18.0 Å². The summed E-state index contributed by atoms with van der Waals surface area (Å²) in [7, 11) is 0. The molecule has 0 saturated carbocycles. The van der Waals surface area contributed by atoms with Gasteiger partial charge in [0.05, 0.1) is 17.1 Å². The maximum absolute atomic E-state index is 6.07. The minimum absolute atomic E-state index is 0.00716. The van der Waals surface area contributed by atoms with E-state index in [-0.39, 0.29) is 12.0 Å². The lowest BCUT2D eigenvalue weighted by Gasteiger charge is -2.15. The molecule has 5 heteroatoms. The van der Waals surface area contributed by atoms with Gasteiger partial charge in [0.25, 0.3) is 0 Å². The molecule has 1 saturated heterocycles. The van der Waals surface area contributed by atoms with E-state index in [1.807, 2.05) is 31.3 Å². The van der Waals surface area contributed by atoms with Gasteiger partial charge in [0.2, 0.25) is 0 Å². The molecule has 0 amide bonds. The zero-order valence-corrected chi connectivity index (χ0v) is 34.3. The van der Waals surface area contributed by atoms with E-state index in [2.05, 4.69) is 158 Å². The first-order valence-electron chi connectivity index (χ1n) is 19.3. The average Bonchev–Trinajstić information content (AvgIpc) is 3.72. The summed E-state index contributed by atoms with van der Waals surface area (Å²) in [4.78, 5) is 14.9. The lowest BCUT2D eigenvalue weighted by molar-refractivity contribution is 0.185. The molecule has 1 aromatic carbocycles. The van der Waals surface area contributed by atoms with Crippen LogP contribution in [0.1, 0.15) is 82.9 Å². The van der Waals surface area contributed by atoms with Crippen molar-refractivity contribution in [1.82, 2.24) is 15.0 Å². The Balaban J connectivity index is 1.28. The van der Waals surface area contributed by atoms with Gasteiger partial charge in [0.15, 0.2) is 5.82 Å². The molecule has 56 heavy (non-hydrogen) atoms. The SMILES string of the molecule is C=C1OC2C=CC(C)=CC2/C1=C/C=C(\C)c1cc(C(=C)C/C=C\C(=C/C)c2cccnc2C(=C)/C=c2/sc3ccccc3/c2=C/C)nc(C(/C=C\C)=C/CC)n1. The first-order valence-corrected chi connectivity index (χ1v) is 20.1. The Morgan fingerprint density at radius 1 is 1.00 bits per heavy atom. The number of benzene rings is 1. The predicted octanol–water partition coefficient (Wildman–Crippen LogP) is 12.2. The smallest absolute Gasteiger partial charge is 0.160 e. The number of ether oxygens (including phenoxy) is 1. The molecule has 2 aliphatic rings. The van der Waals surface area contributed by atoms with Crippen LogP contribution in [0.4, 0.5) is 0 Å². The fraction of sp³-hybridized carbons (Fsp3) is 0.196. The lowest BCUT2D eigenvalue weighted by Crippen LogP contribution is -2.18. The Morgan fingerprint density at radius 2 is 1.80 bits per heavy atom. The molecule has 0 spiro atoms. The number of fused-ring (bicyclic) bond motifs is 2. The third-order valence-electron chi connectivity index (χ3n) is 9.99. The molecule has 3 aromatic heterocycles. The molecule has 0 N–H and O–H groups in total. The van der Waals surface area contributed by atoms with Crippen molar-refractivity contribution in [3.8, 4) is 0 Å². The molecule has 4 aromatic rings. The summed E-state index contributed by atoms with van der Waals surface area (Å²) in [5.74, 6) is 1.55. The van der Waals surface area contributed by atoms with Crippen LogP contribution >= 0.6 is 11.3 Å². The maximum Gasteiger partial charge on any atom is 0.160 e. The summed E-state index contributed by atoms with van der Waals surface area (Å²) in [5.41, 5.74) is 10.7. The zero-order chi connectivity index (χ0) is 39.8. The fourth-order valence-corrected chi connectivity index (χ4v) is 8.29. The molecule has 6 rings (SSSR count). The van der Waals surface area contributed by atoms with Crippen molar-refractivity contribution in [2.75, 3.05) is 0 Å². The lowest BCUT2D eigenvalue weighted by atomic mass is 9.89. The number of thiophene rings is 1. The van der Waals surface area contributed by atoms with Crippen molar-refractivity contribution in [3.63, 3.8) is 0 Å². The highest BCUT2D eigenvalue weighted by Crippen LogP contribution is 2.39. The highest BCUT2D eigenvalue weighted by Gasteiger charge is 2.34. The quantitative estimate of drug-likeness (QED) is 0.135. The van der Waals surface area contributed by atoms with Crippen molar-refractivity contribution >= 4 is 61.4 Å². The van der Waals surface area contributed by atoms with Crippen LogP contribution < -0.4 is 9.75 Å². The topological polar surface area (TPSA) is 47.9 Å². The minimum atomic E-state index is -0.00716. The number of nitrogens with zero attached hydrogens (tertiary/aromatic N) is 3. The predicted molar refractivity (Wildman–Crippen MR) is 243 cm³/mol. The van der Waals surface area contributed by atoms with Gasteiger partial charge < -0.3 is 4.74 Å². The van der Waals surface area contributed by atoms with Crippen molar-refractivity contribution in [2.45, 2.75) is 60.5 Å². The molecule has 2 unspecified atom stereocenters. The van der Waals surface area contributed by atoms with Crippen molar-refractivity contribution in [2.24, 2.45) is 5.92 Å². The minimum Gasteiger partial charge on any atom is -0.486 e. The van der Waals surface area contributed by atoms with Gasteiger partial charge >= 0.3 is 0 Å². The number of hydrogen-bond donors (Lipinski definition) is 0. The van der Waals surface area contributed by atoms with Gasteiger partial charge in [-0.05, 0) is 111 Å². The van der Waals surface area contributed by atoms with Crippen LogP contribution in [-0.4, -0.2) is 21.1 Å². The molecule has 4 nitrogen and oxygen atoms in total. The van der Waals surface area contributed by atoms with E-state index in [0.717, 1.165) is 62.5 Å². The Hall–Kier alpha value is -5.91. The van der Waals surface area contributed by atoms with E-state index in [1.54, 1.807) is 11.3 Å². The van der Waals surface area contributed by atoms with Crippen LogP contribution in [0.3, 0.4) is 0 Å². The van der Waals surface area contributed by atoms with E-state index in [4.69, 9.17) is 19.7 Å². The van der Waals surface area contributed by atoms with Gasteiger partial charge in [0.1, 0.15) is 11.9 Å². The summed E-state index contributed by atoms with van der Waals surface area (Å²) in [6.07, 6.45) is 31.0. The van der Waals surface area contributed by atoms with Gasteiger partial charge in [0, 0.05) is 38.1 Å². The molecule has 282 valence electrons. The summed E-state index contributed by atoms with van der Waals surface area (Å²) < 4.78 is 8.52. The third-order valence-corrected chi connectivity index (χ3v) is 11.1. The van der Waals surface area contributed by atoms with E-state index in [1.165, 1.54) is 25.4 Å². The maximum atomic E-state index is 6.07. The normalized spacial score (nSPS) is 19.1. The van der Waals surface area contributed by atoms with Gasteiger partial charge in [-0.15, -0.1) is 11.3 Å². The van der Waals surface area contributed by atoms with Gasteiger partial charge in [-0.25, -0.2) is 9.97 Å². The largest absolute Gasteiger partial charge is 0.486 e. The van der Waals surface area contributed by atoms with Crippen LogP contribution in [0.5, 0.6) is 0 Å². The molecular weight excluding hydrogens is 703 g/mol. The van der Waals surface area contributed by atoms with E-state index in [9.17, 15) is 0 Å². The summed E-state index contributed by atoms with van der Waals surface area (Å²) in [5, 5.41) is 2.49. The van der Waals surface area contributed by atoms with E-state index < -0.39 is 0 Å². The summed E-state index contributed by atoms with van der Waals surface area (Å²) in [6.45, 7) is 25.7. The number of aromatic nitrogens is 3. The van der Waals surface area contributed by atoms with Crippen LogP contribution in [0, 0.1) is 5.92 Å². The van der Waals surface area contributed by atoms with Crippen LogP contribution in [-0.2, 0) is 4.74 Å². The second-order valence-corrected chi connectivity index (χ2v) is 15.1. The molecule has 0 radical (unpaired) electrons. The van der Waals surface area contributed by atoms with Crippen molar-refractivity contribution in [1.29, 1.82) is 0 Å². The standard InChI is InChI=1S/C51H51N3OS/c1-10-18-39(19-11-2)51-53-45(32-46(54-51)35(7)26-27-41-37(9)55-47-28-25-33(5)30-44(41)47)34(6)20-16-21-38(12-3)42-23-17-29-52-50(42)36(8)31-49-40(13-4)43-22-14-15-24-48(43)56-49/h10,12-19,21-32,44,47H,6,8-9,11,20H2,1-5,7H3/b18-10-,21-16-,35-26+,38-12+,39-19+,40-13-,41-27+,49-31+. The number of pyridine rings is 1. The highest BCUT2D eigenvalue weighted by atomic mass is 32.1. The van der Waals surface area contributed by atoms with Crippen molar-refractivity contribution < 1.29 is 4.74 Å². The van der Waals surface area contributed by atoms with Crippen molar-refractivity contribution in [3.05, 3.63) is 190 Å². The molecule has 1 aliphatic carbocycles. The van der Waals surface area contributed by atoms with Crippen LogP contribution in [0.2, 0.25) is 0 Å². The third kappa shape index (κ3) is 8.80. The number of allylic oxidation sites excluding steroid dienone is 16.